The van der Waals surface area contributed by atoms with Crippen LogP contribution in [-0.4, -0.2) is 39.4 Å². The Kier molecular flexibility index (Phi) is 3.45. The van der Waals surface area contributed by atoms with Crippen molar-refractivity contribution in [2.75, 3.05) is 24.3 Å². The number of nitrogens with zero attached hydrogens (tertiary/aromatic N) is 1. The molecule has 0 saturated heterocycles. The number of hydrogen-bond donors (Lipinski definition) is 5. The van der Waals surface area contributed by atoms with Gasteiger partial charge in [-0.2, -0.15) is 0 Å². The number of nitrogens with one attached hydrogen (secondary N) is 2. The van der Waals surface area contributed by atoms with Gasteiger partial charge in [-0.25, -0.2) is 4.98 Å². The highest BCUT2D eigenvalue weighted by Gasteiger charge is 2.09. The largest absolute Gasteiger partial charge is 0.399 e. The molecule has 0 spiro atoms. The van der Waals surface area contributed by atoms with Crippen molar-refractivity contribution in [1.82, 2.24) is 9.97 Å². The zero-order valence-electron chi connectivity index (χ0n) is 9.55. The first kappa shape index (κ1) is 12.3. The van der Waals surface area contributed by atoms with E-state index in [2.05, 4.69) is 15.3 Å². The average molecular weight is 250 g/mol. The van der Waals surface area contributed by atoms with Gasteiger partial charge in [0.25, 0.3) is 5.56 Å². The van der Waals surface area contributed by atoms with Crippen molar-refractivity contribution in [3.8, 4) is 0 Å². The monoisotopic (exact) mass is 250 g/mol. The summed E-state index contributed by atoms with van der Waals surface area (Å²) in [5.41, 5.74) is 6.24. The number of benzene rings is 1. The summed E-state index contributed by atoms with van der Waals surface area (Å²) in [5.74, 6) is 0.199. The van der Waals surface area contributed by atoms with E-state index < -0.39 is 6.04 Å². The van der Waals surface area contributed by atoms with Crippen LogP contribution < -0.4 is 16.6 Å². The van der Waals surface area contributed by atoms with Crippen LogP contribution in [0.3, 0.4) is 0 Å². The number of nitrogens with two attached hydrogens (primary N) is 1. The fraction of sp³-hybridized carbons (Fsp3) is 0.273. The molecule has 0 fully saturated rings. The third-order valence-corrected chi connectivity index (χ3v) is 2.51. The summed E-state index contributed by atoms with van der Waals surface area (Å²) in [6, 6.07) is 4.26. The van der Waals surface area contributed by atoms with E-state index in [1.165, 1.54) is 0 Å². The highest BCUT2D eigenvalue weighted by atomic mass is 16.3. The van der Waals surface area contributed by atoms with Crippen molar-refractivity contribution in [3.63, 3.8) is 0 Å². The van der Waals surface area contributed by atoms with Crippen molar-refractivity contribution in [1.29, 1.82) is 0 Å². The number of aromatic nitrogens is 2. The van der Waals surface area contributed by atoms with E-state index in [-0.39, 0.29) is 24.7 Å². The van der Waals surface area contributed by atoms with Gasteiger partial charge in [0.05, 0.1) is 30.2 Å². The summed E-state index contributed by atoms with van der Waals surface area (Å²) in [7, 11) is 0. The predicted molar refractivity (Wildman–Crippen MR) is 68.4 cm³/mol. The van der Waals surface area contributed by atoms with E-state index in [4.69, 9.17) is 15.9 Å². The zero-order valence-corrected chi connectivity index (χ0v) is 9.55. The van der Waals surface area contributed by atoms with E-state index in [9.17, 15) is 4.79 Å². The fourth-order valence-electron chi connectivity index (χ4n) is 1.57. The Bertz CT molecular complexity index is 607. The molecule has 0 aliphatic heterocycles. The Morgan fingerprint density at radius 2 is 2.11 bits per heavy atom. The van der Waals surface area contributed by atoms with Crippen LogP contribution in [0.5, 0.6) is 0 Å². The van der Waals surface area contributed by atoms with Crippen LogP contribution in [-0.2, 0) is 0 Å². The Morgan fingerprint density at radius 1 is 1.39 bits per heavy atom. The second-order valence-electron chi connectivity index (χ2n) is 3.90. The molecule has 6 N–H and O–H groups in total. The second kappa shape index (κ2) is 5.03. The smallest absolute Gasteiger partial charge is 0.260 e. The van der Waals surface area contributed by atoms with Gasteiger partial charge in [-0.1, -0.05) is 0 Å². The summed E-state index contributed by atoms with van der Waals surface area (Å²) in [5, 5.41) is 21.0. The maximum atomic E-state index is 11.8. The lowest BCUT2D eigenvalue weighted by atomic mass is 10.2. The summed E-state index contributed by atoms with van der Waals surface area (Å²) >= 11 is 0. The minimum Gasteiger partial charge on any atom is -0.399 e. The van der Waals surface area contributed by atoms with Gasteiger partial charge in [0.2, 0.25) is 5.95 Å². The molecule has 0 saturated carbocycles. The van der Waals surface area contributed by atoms with E-state index in [0.29, 0.717) is 16.6 Å². The molecule has 1 heterocycles. The summed E-state index contributed by atoms with van der Waals surface area (Å²) < 4.78 is 0. The predicted octanol–water partition coefficient (Wildman–Crippen LogP) is -0.730. The van der Waals surface area contributed by atoms with Gasteiger partial charge in [0.1, 0.15) is 0 Å². The van der Waals surface area contributed by atoms with Crippen LogP contribution in [0.15, 0.2) is 23.0 Å². The summed E-state index contributed by atoms with van der Waals surface area (Å²) in [4.78, 5) is 18.5. The standard InChI is InChI=1S/C11H14N4O3/c12-6-1-2-9-8(3-6)10(18)15-11(14-9)13-7(4-16)5-17/h1-3,7,16-17H,4-5,12H2,(H2,13,14,15,18). The van der Waals surface area contributed by atoms with Crippen LogP contribution in [0.2, 0.25) is 0 Å². The molecule has 1 aromatic heterocycles. The molecule has 0 aliphatic carbocycles. The number of fused-ring (bicyclic) bond motifs is 1. The molecule has 2 aromatic rings. The zero-order chi connectivity index (χ0) is 13.1. The molecule has 1 aromatic carbocycles. The lowest BCUT2D eigenvalue weighted by molar-refractivity contribution is 0.203. The van der Waals surface area contributed by atoms with Crippen LogP contribution in [0, 0.1) is 0 Å². The number of aliphatic hydroxyl groups is 2. The molecule has 18 heavy (non-hydrogen) atoms. The minimum absolute atomic E-state index is 0.199. The van der Waals surface area contributed by atoms with Crippen molar-refractivity contribution >= 4 is 22.5 Å². The molecule has 2 rings (SSSR count). The molecule has 0 aliphatic rings. The van der Waals surface area contributed by atoms with E-state index in [1.54, 1.807) is 18.2 Å². The highest BCUT2D eigenvalue weighted by molar-refractivity contribution is 5.81. The van der Waals surface area contributed by atoms with Gasteiger partial charge in [-0.05, 0) is 18.2 Å². The van der Waals surface area contributed by atoms with Gasteiger partial charge in [-0.15, -0.1) is 0 Å². The van der Waals surface area contributed by atoms with Gasteiger partial charge < -0.3 is 21.3 Å². The third kappa shape index (κ3) is 2.41. The van der Waals surface area contributed by atoms with Crippen LogP contribution >= 0.6 is 0 Å². The van der Waals surface area contributed by atoms with E-state index in [1.807, 2.05) is 0 Å². The number of H-pyrrole nitrogens is 1. The lowest BCUT2D eigenvalue weighted by Gasteiger charge is -2.13. The van der Waals surface area contributed by atoms with Crippen LogP contribution in [0.25, 0.3) is 10.9 Å². The Labute approximate surface area is 102 Å². The Hall–Kier alpha value is -2.12. The van der Waals surface area contributed by atoms with Gasteiger partial charge in [-0.3, -0.25) is 9.78 Å². The maximum absolute atomic E-state index is 11.8. The van der Waals surface area contributed by atoms with Crippen LogP contribution in [0.1, 0.15) is 0 Å². The SMILES string of the molecule is Nc1ccc2nc(NC(CO)CO)[nH]c(=O)c2c1. The highest BCUT2D eigenvalue weighted by Crippen LogP contribution is 2.12. The Balaban J connectivity index is 2.43. The molecule has 0 bridgehead atoms. The molecule has 0 radical (unpaired) electrons. The number of hydrogen-bond acceptors (Lipinski definition) is 6. The maximum Gasteiger partial charge on any atom is 0.260 e. The molecular formula is C11H14N4O3. The fourth-order valence-corrected chi connectivity index (χ4v) is 1.57. The van der Waals surface area contributed by atoms with Crippen molar-refractivity contribution in [2.24, 2.45) is 0 Å². The molecule has 7 heteroatoms. The normalized spacial score (nSPS) is 11.1. The quantitative estimate of drug-likeness (QED) is 0.456. The molecule has 96 valence electrons. The lowest BCUT2D eigenvalue weighted by Crippen LogP contribution is -2.29. The van der Waals surface area contributed by atoms with Gasteiger partial charge >= 0.3 is 0 Å². The summed E-state index contributed by atoms with van der Waals surface area (Å²) in [6.45, 7) is -0.528. The average Bonchev–Trinajstić information content (AvgIpc) is 2.37. The second-order valence-corrected chi connectivity index (χ2v) is 3.90. The number of aromatic amines is 1. The van der Waals surface area contributed by atoms with E-state index in [0.717, 1.165) is 0 Å². The molecule has 0 amide bonds. The molecular weight excluding hydrogens is 236 g/mol. The minimum atomic E-state index is -0.570. The summed E-state index contributed by atoms with van der Waals surface area (Å²) in [6.07, 6.45) is 0. The van der Waals surface area contributed by atoms with E-state index >= 15 is 0 Å². The first-order valence-electron chi connectivity index (χ1n) is 5.42. The van der Waals surface area contributed by atoms with Crippen molar-refractivity contribution in [2.45, 2.75) is 6.04 Å². The number of aliphatic hydroxyl groups excluding tert-OH is 2. The topological polar surface area (TPSA) is 124 Å². The number of anilines is 2. The number of rotatable bonds is 4. The third-order valence-electron chi connectivity index (χ3n) is 2.51. The van der Waals surface area contributed by atoms with Crippen LogP contribution in [0.4, 0.5) is 11.6 Å². The van der Waals surface area contributed by atoms with Gasteiger partial charge in [0.15, 0.2) is 0 Å². The number of nitrogen functional groups attached to an aromatic ring is 1. The van der Waals surface area contributed by atoms with Crippen molar-refractivity contribution < 1.29 is 10.2 Å². The molecule has 0 atom stereocenters. The molecule has 0 unspecified atom stereocenters. The van der Waals surface area contributed by atoms with Gasteiger partial charge in [0, 0.05) is 5.69 Å². The first-order chi connectivity index (χ1) is 8.63. The first-order valence-corrected chi connectivity index (χ1v) is 5.42. The molecule has 7 nitrogen and oxygen atoms in total. The van der Waals surface area contributed by atoms with Crippen molar-refractivity contribution in [3.05, 3.63) is 28.6 Å². The Morgan fingerprint density at radius 3 is 2.78 bits per heavy atom.